The van der Waals surface area contributed by atoms with E-state index in [1.807, 2.05) is 0 Å². The van der Waals surface area contributed by atoms with Gasteiger partial charge in [0.05, 0.1) is 0 Å². The third kappa shape index (κ3) is 4.42. The van der Waals surface area contributed by atoms with Gasteiger partial charge in [0.15, 0.2) is 0 Å². The molecular formula is C14H30N2. The van der Waals surface area contributed by atoms with Crippen LogP contribution in [0.15, 0.2) is 0 Å². The molecule has 1 heterocycles. The van der Waals surface area contributed by atoms with Crippen LogP contribution < -0.4 is 5.73 Å². The van der Waals surface area contributed by atoms with Crippen LogP contribution in [0.5, 0.6) is 0 Å². The molecule has 16 heavy (non-hydrogen) atoms. The van der Waals surface area contributed by atoms with Crippen LogP contribution in [0.25, 0.3) is 0 Å². The highest BCUT2D eigenvalue weighted by atomic mass is 15.2. The zero-order valence-electron chi connectivity index (χ0n) is 11.8. The zero-order valence-corrected chi connectivity index (χ0v) is 11.8. The van der Waals surface area contributed by atoms with Gasteiger partial charge in [0.1, 0.15) is 0 Å². The predicted molar refractivity (Wildman–Crippen MR) is 71.4 cm³/mol. The lowest BCUT2D eigenvalue weighted by Gasteiger charge is -2.41. The molecule has 1 rings (SSSR count). The molecule has 1 fully saturated rings. The summed E-state index contributed by atoms with van der Waals surface area (Å²) in [6.45, 7) is 15.0. The van der Waals surface area contributed by atoms with Gasteiger partial charge in [-0.05, 0) is 30.1 Å². The van der Waals surface area contributed by atoms with Crippen LogP contribution in [0.2, 0.25) is 0 Å². The van der Waals surface area contributed by atoms with Crippen LogP contribution in [0, 0.1) is 17.3 Å². The highest BCUT2D eigenvalue weighted by molar-refractivity contribution is 4.83. The van der Waals surface area contributed by atoms with Gasteiger partial charge in [-0.15, -0.1) is 0 Å². The maximum absolute atomic E-state index is 5.96. The van der Waals surface area contributed by atoms with E-state index in [0.29, 0.717) is 11.5 Å². The molecule has 2 nitrogen and oxygen atoms in total. The number of likely N-dealkylation sites (tertiary alicyclic amines) is 1. The zero-order chi connectivity index (χ0) is 12.3. The topological polar surface area (TPSA) is 29.3 Å². The quantitative estimate of drug-likeness (QED) is 0.802. The molecule has 2 N–H and O–H groups in total. The van der Waals surface area contributed by atoms with Crippen molar-refractivity contribution in [2.75, 3.05) is 19.6 Å². The van der Waals surface area contributed by atoms with Gasteiger partial charge >= 0.3 is 0 Å². The number of hydrogen-bond acceptors (Lipinski definition) is 2. The predicted octanol–water partition coefficient (Wildman–Crippen LogP) is 2.73. The molecule has 0 bridgehead atoms. The second-order valence-electron chi connectivity index (χ2n) is 7.05. The lowest BCUT2D eigenvalue weighted by molar-refractivity contribution is 0.0768. The normalized spacial score (nSPS) is 30.4. The van der Waals surface area contributed by atoms with Gasteiger partial charge in [-0.25, -0.2) is 0 Å². The van der Waals surface area contributed by atoms with E-state index in [1.165, 1.54) is 25.9 Å². The molecule has 0 saturated carbocycles. The molecule has 1 saturated heterocycles. The summed E-state index contributed by atoms with van der Waals surface area (Å²) in [5, 5.41) is 0. The monoisotopic (exact) mass is 226 g/mol. The summed E-state index contributed by atoms with van der Waals surface area (Å²) < 4.78 is 0. The van der Waals surface area contributed by atoms with E-state index < -0.39 is 0 Å². The van der Waals surface area contributed by atoms with E-state index in [1.54, 1.807) is 0 Å². The standard InChI is InChI=1S/C14H30N2/c1-11-6-12(2)10-16(9-11)13(8-15)7-14(3,4)5/h11-13H,6-10,15H2,1-5H3. The molecule has 0 spiro atoms. The fraction of sp³-hybridized carbons (Fsp3) is 1.00. The van der Waals surface area contributed by atoms with Gasteiger partial charge in [-0.2, -0.15) is 0 Å². The Kier molecular flexibility index (Phi) is 4.81. The Balaban J connectivity index is 2.58. The van der Waals surface area contributed by atoms with Gasteiger partial charge in [-0.3, -0.25) is 4.90 Å². The number of piperidine rings is 1. The summed E-state index contributed by atoms with van der Waals surface area (Å²) >= 11 is 0. The van der Waals surface area contributed by atoms with Crippen LogP contribution in [0.1, 0.15) is 47.5 Å². The number of nitrogens with zero attached hydrogens (tertiary/aromatic N) is 1. The van der Waals surface area contributed by atoms with Crippen molar-refractivity contribution in [2.45, 2.75) is 53.5 Å². The largest absolute Gasteiger partial charge is 0.329 e. The first-order chi connectivity index (χ1) is 7.31. The van der Waals surface area contributed by atoms with E-state index in [2.05, 4.69) is 39.5 Å². The van der Waals surface area contributed by atoms with Crippen molar-refractivity contribution in [1.82, 2.24) is 4.90 Å². The van der Waals surface area contributed by atoms with Gasteiger partial charge in [0.25, 0.3) is 0 Å². The summed E-state index contributed by atoms with van der Waals surface area (Å²) in [6, 6.07) is 0.574. The molecule has 0 aromatic carbocycles. The first-order valence-corrected chi connectivity index (χ1v) is 6.76. The number of rotatable bonds is 3. The van der Waals surface area contributed by atoms with E-state index in [4.69, 9.17) is 5.73 Å². The first kappa shape index (κ1) is 14.0. The smallest absolute Gasteiger partial charge is 0.0223 e. The van der Waals surface area contributed by atoms with Crippen LogP contribution in [-0.2, 0) is 0 Å². The van der Waals surface area contributed by atoms with Crippen molar-refractivity contribution in [2.24, 2.45) is 23.0 Å². The van der Waals surface area contributed by atoms with Crippen LogP contribution in [-0.4, -0.2) is 30.6 Å². The highest BCUT2D eigenvalue weighted by Gasteiger charge is 2.29. The van der Waals surface area contributed by atoms with Gasteiger partial charge in [0.2, 0.25) is 0 Å². The second kappa shape index (κ2) is 5.50. The van der Waals surface area contributed by atoms with E-state index in [-0.39, 0.29) is 0 Å². The minimum absolute atomic E-state index is 0.383. The molecule has 96 valence electrons. The first-order valence-electron chi connectivity index (χ1n) is 6.76. The van der Waals surface area contributed by atoms with Crippen molar-refractivity contribution in [1.29, 1.82) is 0 Å². The summed E-state index contributed by atoms with van der Waals surface area (Å²) in [4.78, 5) is 2.63. The molecule has 0 aromatic rings. The molecule has 2 heteroatoms. The van der Waals surface area contributed by atoms with Crippen LogP contribution >= 0.6 is 0 Å². The summed E-state index contributed by atoms with van der Waals surface area (Å²) in [6.07, 6.45) is 2.59. The molecule has 0 amide bonds. The highest BCUT2D eigenvalue weighted by Crippen LogP contribution is 2.28. The van der Waals surface area contributed by atoms with Crippen molar-refractivity contribution >= 4 is 0 Å². The third-order valence-electron chi connectivity index (χ3n) is 3.53. The lowest BCUT2D eigenvalue weighted by atomic mass is 9.85. The van der Waals surface area contributed by atoms with Gasteiger partial charge < -0.3 is 5.73 Å². The van der Waals surface area contributed by atoms with Crippen molar-refractivity contribution in [3.8, 4) is 0 Å². The van der Waals surface area contributed by atoms with Crippen LogP contribution in [0.4, 0.5) is 0 Å². The Bertz CT molecular complexity index is 197. The van der Waals surface area contributed by atoms with E-state index >= 15 is 0 Å². The molecule has 0 aromatic heterocycles. The molecular weight excluding hydrogens is 196 g/mol. The van der Waals surface area contributed by atoms with Gasteiger partial charge in [-0.1, -0.05) is 34.6 Å². The fourth-order valence-corrected chi connectivity index (χ4v) is 3.08. The molecule has 3 atom stereocenters. The Labute approximate surface area is 102 Å². The number of nitrogens with two attached hydrogens (primary N) is 1. The summed E-state index contributed by atoms with van der Waals surface area (Å²) in [5.74, 6) is 1.66. The third-order valence-corrected chi connectivity index (χ3v) is 3.53. The second-order valence-corrected chi connectivity index (χ2v) is 7.05. The van der Waals surface area contributed by atoms with Crippen molar-refractivity contribution in [3.05, 3.63) is 0 Å². The molecule has 0 radical (unpaired) electrons. The average Bonchev–Trinajstić information content (AvgIpc) is 2.11. The van der Waals surface area contributed by atoms with Gasteiger partial charge in [0, 0.05) is 25.7 Å². The minimum Gasteiger partial charge on any atom is -0.329 e. The Morgan fingerprint density at radius 2 is 1.69 bits per heavy atom. The average molecular weight is 226 g/mol. The van der Waals surface area contributed by atoms with Crippen molar-refractivity contribution < 1.29 is 0 Å². The Morgan fingerprint density at radius 3 is 2.06 bits per heavy atom. The summed E-state index contributed by atoms with van der Waals surface area (Å²) in [7, 11) is 0. The molecule has 1 aliphatic rings. The summed E-state index contributed by atoms with van der Waals surface area (Å²) in [5.41, 5.74) is 6.34. The molecule has 1 aliphatic heterocycles. The minimum atomic E-state index is 0.383. The van der Waals surface area contributed by atoms with Crippen molar-refractivity contribution in [3.63, 3.8) is 0 Å². The maximum Gasteiger partial charge on any atom is 0.0223 e. The van der Waals surface area contributed by atoms with E-state index in [0.717, 1.165) is 18.4 Å². The van der Waals surface area contributed by atoms with E-state index in [9.17, 15) is 0 Å². The van der Waals surface area contributed by atoms with Crippen LogP contribution in [0.3, 0.4) is 0 Å². The maximum atomic E-state index is 5.96. The molecule has 0 aliphatic carbocycles. The SMILES string of the molecule is CC1CC(C)CN(C(CN)CC(C)(C)C)C1. The fourth-order valence-electron chi connectivity index (χ4n) is 3.08. The number of hydrogen-bond donors (Lipinski definition) is 1. The Hall–Kier alpha value is -0.0800. The lowest BCUT2D eigenvalue weighted by Crippen LogP contribution is -2.49. The molecule has 3 unspecified atom stereocenters. The Morgan fingerprint density at radius 1 is 1.19 bits per heavy atom.